The Balaban J connectivity index is 1.94. The summed E-state index contributed by atoms with van der Waals surface area (Å²) in [4.78, 5) is 15.3. The van der Waals surface area contributed by atoms with E-state index in [1.807, 2.05) is 4.90 Å². The molecule has 1 spiro atoms. The van der Waals surface area contributed by atoms with Gasteiger partial charge >= 0.3 is 0 Å². The maximum absolute atomic E-state index is 11.3. The third kappa shape index (κ3) is 1.98. The number of hydrogen-bond acceptors (Lipinski definition) is 2. The van der Waals surface area contributed by atoms with Gasteiger partial charge in [0.1, 0.15) is 0 Å². The Labute approximate surface area is 90.7 Å². The summed E-state index contributed by atoms with van der Waals surface area (Å²) in [5, 5.41) is 7.20. The molecule has 0 bridgehead atoms. The van der Waals surface area contributed by atoms with E-state index in [4.69, 9.17) is 5.41 Å². The van der Waals surface area contributed by atoms with E-state index in [0.29, 0.717) is 5.41 Å². The van der Waals surface area contributed by atoms with Crippen LogP contribution < -0.4 is 0 Å². The molecule has 2 rings (SSSR count). The van der Waals surface area contributed by atoms with E-state index in [1.165, 1.54) is 6.34 Å². The minimum absolute atomic E-state index is 0.210. The van der Waals surface area contributed by atoms with Crippen LogP contribution in [0.4, 0.5) is 0 Å². The largest absolute Gasteiger partial charge is 0.363 e. The Bertz CT molecular complexity index is 269. The van der Waals surface area contributed by atoms with Crippen LogP contribution in [0.5, 0.6) is 0 Å². The highest BCUT2D eigenvalue weighted by molar-refractivity contribution is 5.73. The molecule has 0 unspecified atom stereocenters. The van der Waals surface area contributed by atoms with Crippen molar-refractivity contribution in [3.05, 3.63) is 0 Å². The fourth-order valence-electron chi connectivity index (χ4n) is 2.74. The molecule has 0 radical (unpaired) electrons. The van der Waals surface area contributed by atoms with Crippen LogP contribution in [0.1, 0.15) is 26.2 Å². The normalized spacial score (nSPS) is 24.6. The summed E-state index contributed by atoms with van der Waals surface area (Å²) >= 11 is 0. The summed E-state index contributed by atoms with van der Waals surface area (Å²) in [5.41, 5.74) is 0.366. The van der Waals surface area contributed by atoms with Gasteiger partial charge in [0.2, 0.25) is 5.91 Å². The number of piperidine rings is 1. The van der Waals surface area contributed by atoms with Crippen molar-refractivity contribution in [2.24, 2.45) is 5.41 Å². The minimum Gasteiger partial charge on any atom is -0.363 e. The van der Waals surface area contributed by atoms with E-state index in [2.05, 4.69) is 4.90 Å². The second-order valence-corrected chi connectivity index (χ2v) is 4.86. The van der Waals surface area contributed by atoms with Crippen molar-refractivity contribution in [3.8, 4) is 0 Å². The van der Waals surface area contributed by atoms with Gasteiger partial charge in [-0.15, -0.1) is 0 Å². The predicted molar refractivity (Wildman–Crippen MR) is 58.9 cm³/mol. The van der Waals surface area contributed by atoms with Crippen molar-refractivity contribution >= 4 is 12.2 Å². The molecule has 2 aliphatic heterocycles. The van der Waals surface area contributed by atoms with E-state index in [0.717, 1.165) is 45.4 Å². The van der Waals surface area contributed by atoms with Crippen LogP contribution >= 0.6 is 0 Å². The number of likely N-dealkylation sites (tertiary alicyclic amines) is 2. The number of hydrogen-bond donors (Lipinski definition) is 1. The summed E-state index contributed by atoms with van der Waals surface area (Å²) < 4.78 is 0. The highest BCUT2D eigenvalue weighted by Crippen LogP contribution is 2.39. The maximum Gasteiger partial charge on any atom is 0.219 e. The van der Waals surface area contributed by atoms with Gasteiger partial charge in [0.25, 0.3) is 0 Å². The standard InChI is InChI=1S/C11H19N3O/c1-10(15)14-7-4-11(8-14)2-5-13(9-12)6-3-11/h9,12H,2-8H2,1H3. The summed E-state index contributed by atoms with van der Waals surface area (Å²) in [6.07, 6.45) is 4.85. The van der Waals surface area contributed by atoms with E-state index in [1.54, 1.807) is 6.92 Å². The fourth-order valence-corrected chi connectivity index (χ4v) is 2.74. The zero-order valence-electron chi connectivity index (χ0n) is 9.33. The van der Waals surface area contributed by atoms with Gasteiger partial charge in [-0.25, -0.2) is 0 Å². The fraction of sp³-hybridized carbons (Fsp3) is 0.818. The lowest BCUT2D eigenvalue weighted by Gasteiger charge is -2.38. The van der Waals surface area contributed by atoms with Gasteiger partial charge < -0.3 is 9.80 Å². The number of rotatable bonds is 1. The van der Waals surface area contributed by atoms with Gasteiger partial charge in [-0.2, -0.15) is 0 Å². The Morgan fingerprint density at radius 3 is 2.33 bits per heavy atom. The third-order valence-corrected chi connectivity index (χ3v) is 3.92. The number of carbonyl (C=O) groups excluding carboxylic acids is 1. The first-order valence-corrected chi connectivity index (χ1v) is 5.65. The third-order valence-electron chi connectivity index (χ3n) is 3.92. The van der Waals surface area contributed by atoms with Crippen LogP contribution in [-0.4, -0.2) is 48.2 Å². The molecule has 0 aromatic rings. The minimum atomic E-state index is 0.210. The molecule has 0 aromatic carbocycles. The number of nitrogens with zero attached hydrogens (tertiary/aromatic N) is 2. The molecule has 1 amide bonds. The first-order valence-electron chi connectivity index (χ1n) is 5.65. The van der Waals surface area contributed by atoms with E-state index >= 15 is 0 Å². The molecular formula is C11H19N3O. The van der Waals surface area contributed by atoms with Gasteiger partial charge in [0, 0.05) is 33.1 Å². The zero-order chi connectivity index (χ0) is 10.9. The molecule has 2 aliphatic rings. The van der Waals surface area contributed by atoms with E-state index < -0.39 is 0 Å². The highest BCUT2D eigenvalue weighted by atomic mass is 16.2. The van der Waals surface area contributed by atoms with Crippen molar-refractivity contribution in [2.75, 3.05) is 26.2 Å². The molecule has 0 aromatic heterocycles. The second kappa shape index (κ2) is 3.83. The number of nitrogens with one attached hydrogen (secondary N) is 1. The second-order valence-electron chi connectivity index (χ2n) is 4.86. The summed E-state index contributed by atoms with van der Waals surface area (Å²) in [6, 6.07) is 0. The lowest BCUT2D eigenvalue weighted by molar-refractivity contribution is -0.128. The summed E-state index contributed by atoms with van der Waals surface area (Å²) in [5.74, 6) is 0.210. The molecule has 2 heterocycles. The maximum atomic E-state index is 11.3. The molecule has 0 atom stereocenters. The molecule has 2 saturated heterocycles. The lowest BCUT2D eigenvalue weighted by Crippen LogP contribution is -2.41. The summed E-state index contributed by atoms with van der Waals surface area (Å²) in [6.45, 7) is 5.49. The number of amides is 1. The van der Waals surface area contributed by atoms with Crippen LogP contribution in [0.15, 0.2) is 0 Å². The van der Waals surface area contributed by atoms with Crippen molar-refractivity contribution in [3.63, 3.8) is 0 Å². The Morgan fingerprint density at radius 1 is 1.27 bits per heavy atom. The molecule has 0 saturated carbocycles. The molecule has 15 heavy (non-hydrogen) atoms. The van der Waals surface area contributed by atoms with Gasteiger partial charge in [0.15, 0.2) is 0 Å². The molecular weight excluding hydrogens is 190 g/mol. The molecule has 2 fully saturated rings. The van der Waals surface area contributed by atoms with Gasteiger partial charge in [-0.3, -0.25) is 10.2 Å². The van der Waals surface area contributed by atoms with Crippen molar-refractivity contribution in [2.45, 2.75) is 26.2 Å². The van der Waals surface area contributed by atoms with Gasteiger partial charge in [-0.05, 0) is 24.7 Å². The monoisotopic (exact) mass is 209 g/mol. The van der Waals surface area contributed by atoms with E-state index in [9.17, 15) is 4.79 Å². The molecule has 84 valence electrons. The molecule has 1 N–H and O–H groups in total. The first-order chi connectivity index (χ1) is 7.15. The predicted octanol–water partition coefficient (Wildman–Crippen LogP) is 0.928. The quantitative estimate of drug-likeness (QED) is 0.516. The van der Waals surface area contributed by atoms with Crippen molar-refractivity contribution < 1.29 is 4.79 Å². The van der Waals surface area contributed by atoms with Crippen molar-refractivity contribution in [1.82, 2.24) is 9.80 Å². The van der Waals surface area contributed by atoms with Crippen LogP contribution in [-0.2, 0) is 4.79 Å². The van der Waals surface area contributed by atoms with Crippen molar-refractivity contribution in [1.29, 1.82) is 5.41 Å². The Hall–Kier alpha value is -1.06. The molecule has 0 aliphatic carbocycles. The van der Waals surface area contributed by atoms with Crippen LogP contribution in [0.25, 0.3) is 0 Å². The first kappa shape index (κ1) is 10.5. The highest BCUT2D eigenvalue weighted by Gasteiger charge is 2.40. The zero-order valence-corrected chi connectivity index (χ0v) is 9.33. The Kier molecular flexibility index (Phi) is 2.67. The average Bonchev–Trinajstić information content (AvgIpc) is 2.64. The summed E-state index contributed by atoms with van der Waals surface area (Å²) in [7, 11) is 0. The molecule has 4 nitrogen and oxygen atoms in total. The van der Waals surface area contributed by atoms with E-state index in [-0.39, 0.29) is 5.91 Å². The van der Waals surface area contributed by atoms with Gasteiger partial charge in [-0.1, -0.05) is 0 Å². The SMILES string of the molecule is CC(=O)N1CCC2(CCN(C=N)CC2)C1. The topological polar surface area (TPSA) is 47.4 Å². The average molecular weight is 209 g/mol. The Morgan fingerprint density at radius 2 is 1.87 bits per heavy atom. The van der Waals surface area contributed by atoms with Crippen LogP contribution in [0.2, 0.25) is 0 Å². The lowest BCUT2D eigenvalue weighted by atomic mass is 9.78. The van der Waals surface area contributed by atoms with Gasteiger partial charge in [0.05, 0.1) is 6.34 Å². The van der Waals surface area contributed by atoms with Crippen LogP contribution in [0.3, 0.4) is 0 Å². The molecule has 4 heteroatoms. The van der Waals surface area contributed by atoms with Crippen LogP contribution in [0, 0.1) is 10.8 Å². The number of carbonyl (C=O) groups is 1. The smallest absolute Gasteiger partial charge is 0.219 e.